The number of nitrogens with zero attached hydrogens (tertiary/aromatic N) is 2. The quantitative estimate of drug-likeness (QED) is 0.384. The fourth-order valence-electron chi connectivity index (χ4n) is 3.52. The molecule has 0 spiro atoms. The van der Waals surface area contributed by atoms with E-state index in [1.807, 2.05) is 12.1 Å². The molecule has 1 atom stereocenters. The Morgan fingerprint density at radius 2 is 1.82 bits per heavy atom. The van der Waals surface area contributed by atoms with Crippen LogP contribution in [-0.2, 0) is 17.7 Å². The van der Waals surface area contributed by atoms with Crippen molar-refractivity contribution in [3.05, 3.63) is 75.8 Å². The molecule has 6 nitrogen and oxygen atoms in total. The van der Waals surface area contributed by atoms with E-state index in [4.69, 9.17) is 4.74 Å². The van der Waals surface area contributed by atoms with Gasteiger partial charge < -0.3 is 4.74 Å². The lowest BCUT2D eigenvalue weighted by molar-refractivity contribution is -0.384. The van der Waals surface area contributed by atoms with Crippen LogP contribution in [0.3, 0.4) is 0 Å². The molecule has 2 aromatic rings. The predicted octanol–water partition coefficient (Wildman–Crippen LogP) is 3.76. The van der Waals surface area contributed by atoms with Crippen LogP contribution in [0.15, 0.2) is 54.6 Å². The number of hydrogen-bond donors (Lipinski definition) is 1. The van der Waals surface area contributed by atoms with E-state index in [2.05, 4.69) is 40.5 Å². The molecule has 1 fully saturated rings. The number of unbranched alkanes of at least 4 members (excludes halogenated alkanes) is 2. The third-order valence-electron chi connectivity index (χ3n) is 5.14. The Hall–Kier alpha value is -2.28. The highest BCUT2D eigenvalue weighted by atomic mass is 16.6. The zero-order valence-electron chi connectivity index (χ0n) is 16.3. The molecule has 1 unspecified atom stereocenters. The highest BCUT2D eigenvalue weighted by molar-refractivity contribution is 5.32. The third-order valence-corrected chi connectivity index (χ3v) is 5.14. The minimum atomic E-state index is -0.356. The Morgan fingerprint density at radius 3 is 2.57 bits per heavy atom. The van der Waals surface area contributed by atoms with E-state index in [9.17, 15) is 10.1 Å². The third kappa shape index (κ3) is 6.41. The summed E-state index contributed by atoms with van der Waals surface area (Å²) >= 11 is 0. The highest BCUT2D eigenvalue weighted by Gasteiger charge is 2.22. The monoisotopic (exact) mass is 383 g/mol. The number of nitro benzene ring substituents is 1. The number of aryl methyl sites for hydroxylation is 1. The lowest BCUT2D eigenvalue weighted by atomic mass is 10.1. The highest BCUT2D eigenvalue weighted by Crippen LogP contribution is 2.14. The smallest absolute Gasteiger partial charge is 0.269 e. The molecule has 3 rings (SSSR count). The molecule has 1 aliphatic rings. The largest absolute Gasteiger partial charge is 0.377 e. The molecule has 1 N–H and O–H groups in total. The molecule has 2 aromatic carbocycles. The molecule has 0 radical (unpaired) electrons. The van der Waals surface area contributed by atoms with Crippen LogP contribution in [0.25, 0.3) is 0 Å². The van der Waals surface area contributed by atoms with E-state index in [0.717, 1.165) is 64.1 Å². The van der Waals surface area contributed by atoms with Gasteiger partial charge in [-0.2, -0.15) is 0 Å². The Bertz CT molecular complexity index is 722. The van der Waals surface area contributed by atoms with E-state index in [-0.39, 0.29) is 16.8 Å². The van der Waals surface area contributed by atoms with Crippen LogP contribution in [0.4, 0.5) is 5.69 Å². The van der Waals surface area contributed by atoms with Crippen molar-refractivity contribution < 1.29 is 9.66 Å². The number of non-ortho nitro benzene ring substituents is 1. The van der Waals surface area contributed by atoms with E-state index >= 15 is 0 Å². The molecular formula is C22H29N3O3. The van der Waals surface area contributed by atoms with Crippen molar-refractivity contribution in [3.63, 3.8) is 0 Å². The van der Waals surface area contributed by atoms with Crippen molar-refractivity contribution in [2.75, 3.05) is 26.3 Å². The first-order chi connectivity index (χ1) is 13.7. The molecule has 1 aliphatic heterocycles. The maximum Gasteiger partial charge on any atom is 0.269 e. The molecule has 0 aromatic heterocycles. The number of rotatable bonds is 10. The summed E-state index contributed by atoms with van der Waals surface area (Å²) in [5.41, 5.74) is 2.65. The molecule has 6 heteroatoms. The Labute approximate surface area is 166 Å². The van der Waals surface area contributed by atoms with Gasteiger partial charge in [0.05, 0.1) is 24.3 Å². The first-order valence-electron chi connectivity index (χ1n) is 10.0. The van der Waals surface area contributed by atoms with E-state index < -0.39 is 0 Å². The summed E-state index contributed by atoms with van der Waals surface area (Å²) in [7, 11) is 0. The van der Waals surface area contributed by atoms with Crippen molar-refractivity contribution >= 4 is 5.69 Å². The second-order valence-electron chi connectivity index (χ2n) is 7.24. The lowest BCUT2D eigenvalue weighted by Gasteiger charge is -2.36. The number of nitrogens with one attached hydrogen (secondary N) is 1. The molecular weight excluding hydrogens is 354 g/mol. The summed E-state index contributed by atoms with van der Waals surface area (Å²) < 4.78 is 5.66. The van der Waals surface area contributed by atoms with Gasteiger partial charge in [0, 0.05) is 25.2 Å². The number of benzene rings is 2. The van der Waals surface area contributed by atoms with Gasteiger partial charge in [0.15, 0.2) is 0 Å². The van der Waals surface area contributed by atoms with Gasteiger partial charge >= 0.3 is 0 Å². The molecule has 0 amide bonds. The number of ether oxygens (including phenoxy) is 1. The average Bonchev–Trinajstić information content (AvgIpc) is 2.73. The molecule has 0 saturated carbocycles. The van der Waals surface area contributed by atoms with Crippen molar-refractivity contribution in [2.24, 2.45) is 0 Å². The van der Waals surface area contributed by atoms with Crippen LogP contribution in [0.5, 0.6) is 0 Å². The van der Waals surface area contributed by atoms with Crippen LogP contribution >= 0.6 is 0 Å². The van der Waals surface area contributed by atoms with Crippen molar-refractivity contribution in [2.45, 2.75) is 38.4 Å². The van der Waals surface area contributed by atoms with Crippen LogP contribution in [-0.4, -0.2) is 42.3 Å². The Balaban J connectivity index is 1.33. The van der Waals surface area contributed by atoms with Gasteiger partial charge in [-0.25, -0.2) is 0 Å². The van der Waals surface area contributed by atoms with Gasteiger partial charge in [0.25, 0.3) is 5.69 Å². The maximum atomic E-state index is 10.7. The number of nitro groups is 1. The first-order valence-corrected chi connectivity index (χ1v) is 10.0. The summed E-state index contributed by atoms with van der Waals surface area (Å²) in [4.78, 5) is 12.8. The summed E-state index contributed by atoms with van der Waals surface area (Å²) in [5.74, 6) is 0. The lowest BCUT2D eigenvalue weighted by Crippen LogP contribution is -2.53. The van der Waals surface area contributed by atoms with Gasteiger partial charge in [0.2, 0.25) is 0 Å². The van der Waals surface area contributed by atoms with Crippen molar-refractivity contribution in [1.29, 1.82) is 0 Å². The van der Waals surface area contributed by atoms with E-state index in [1.165, 1.54) is 5.56 Å². The number of morpholine rings is 1. The van der Waals surface area contributed by atoms with Crippen LogP contribution in [0.2, 0.25) is 0 Å². The van der Waals surface area contributed by atoms with E-state index in [1.54, 1.807) is 12.1 Å². The summed E-state index contributed by atoms with van der Waals surface area (Å²) in [6, 6.07) is 17.5. The van der Waals surface area contributed by atoms with E-state index in [0.29, 0.717) is 0 Å². The Kier molecular flexibility index (Phi) is 7.96. The minimum absolute atomic E-state index is 0.155. The first kappa shape index (κ1) is 20.5. The summed E-state index contributed by atoms with van der Waals surface area (Å²) in [6.45, 7) is 4.39. The van der Waals surface area contributed by atoms with Gasteiger partial charge in [-0.05, 0) is 36.9 Å². The Morgan fingerprint density at radius 1 is 1.04 bits per heavy atom. The zero-order chi connectivity index (χ0) is 19.6. The maximum absolute atomic E-state index is 10.7. The fraction of sp³-hybridized carbons (Fsp3) is 0.455. The van der Waals surface area contributed by atoms with Gasteiger partial charge in [-0.1, -0.05) is 48.9 Å². The van der Waals surface area contributed by atoms with Crippen LogP contribution in [0, 0.1) is 10.1 Å². The average molecular weight is 383 g/mol. The second-order valence-corrected chi connectivity index (χ2v) is 7.24. The van der Waals surface area contributed by atoms with Crippen molar-refractivity contribution in [3.8, 4) is 0 Å². The number of hydrogen-bond acceptors (Lipinski definition) is 5. The van der Waals surface area contributed by atoms with Gasteiger partial charge in [-0.15, -0.1) is 0 Å². The van der Waals surface area contributed by atoms with Crippen LogP contribution in [0.1, 0.15) is 30.4 Å². The molecule has 150 valence electrons. The zero-order valence-corrected chi connectivity index (χ0v) is 16.3. The summed E-state index contributed by atoms with van der Waals surface area (Å²) in [6.07, 6.45) is 4.57. The molecule has 28 heavy (non-hydrogen) atoms. The minimum Gasteiger partial charge on any atom is -0.377 e. The molecule has 1 heterocycles. The second kappa shape index (κ2) is 10.9. The standard InChI is InChI=1S/C22H29N3O3/c26-25(27)21-12-10-19(11-13-21)7-5-2-6-14-23-22-18-28-16-15-24(22)17-20-8-3-1-4-9-20/h1,3-4,8-13,22-23H,2,5-7,14-18H2. The summed E-state index contributed by atoms with van der Waals surface area (Å²) in [5, 5.41) is 14.3. The SMILES string of the molecule is O=[N+]([O-])c1ccc(CCCCCNC2COCCN2Cc2ccccc2)cc1. The van der Waals surface area contributed by atoms with Crippen LogP contribution < -0.4 is 5.32 Å². The van der Waals surface area contributed by atoms with Crippen molar-refractivity contribution in [1.82, 2.24) is 10.2 Å². The topological polar surface area (TPSA) is 67.6 Å². The molecule has 1 saturated heterocycles. The van der Waals surface area contributed by atoms with Gasteiger partial charge in [0.1, 0.15) is 0 Å². The normalized spacial score (nSPS) is 17.5. The predicted molar refractivity (Wildman–Crippen MR) is 110 cm³/mol. The molecule has 0 bridgehead atoms. The fourth-order valence-corrected chi connectivity index (χ4v) is 3.52. The molecule has 0 aliphatic carbocycles. The van der Waals surface area contributed by atoms with Gasteiger partial charge in [-0.3, -0.25) is 20.3 Å².